The van der Waals surface area contributed by atoms with Crippen molar-refractivity contribution in [1.29, 1.82) is 0 Å². The standard InChI is InChI=1S/C16H17NO4S/c1-20-14-6-5-11(8-13(14)16(19)21-2)10-17-15(18)9-12-4-3-7-22-12/h3-8H,9-10H2,1-2H3,(H,17,18). The van der Waals surface area contributed by atoms with Gasteiger partial charge in [-0.05, 0) is 29.1 Å². The Labute approximate surface area is 132 Å². The summed E-state index contributed by atoms with van der Waals surface area (Å²) in [6.45, 7) is 0.345. The van der Waals surface area contributed by atoms with Gasteiger partial charge in [-0.2, -0.15) is 0 Å². The van der Waals surface area contributed by atoms with Gasteiger partial charge in [0.15, 0.2) is 0 Å². The van der Waals surface area contributed by atoms with E-state index in [1.807, 2.05) is 17.5 Å². The van der Waals surface area contributed by atoms with Gasteiger partial charge in [0.2, 0.25) is 5.91 Å². The largest absolute Gasteiger partial charge is 0.496 e. The fourth-order valence-corrected chi connectivity index (χ4v) is 2.67. The minimum absolute atomic E-state index is 0.0575. The second kappa shape index (κ2) is 7.61. The molecule has 1 heterocycles. The highest BCUT2D eigenvalue weighted by atomic mass is 32.1. The summed E-state index contributed by atoms with van der Waals surface area (Å²) in [5.41, 5.74) is 1.15. The van der Waals surface area contributed by atoms with E-state index in [-0.39, 0.29) is 5.91 Å². The second-order valence-electron chi connectivity index (χ2n) is 4.56. The van der Waals surface area contributed by atoms with E-state index in [1.165, 1.54) is 14.2 Å². The number of esters is 1. The molecule has 0 bridgehead atoms. The maximum Gasteiger partial charge on any atom is 0.341 e. The van der Waals surface area contributed by atoms with Gasteiger partial charge >= 0.3 is 5.97 Å². The molecule has 1 N–H and O–H groups in total. The first-order chi connectivity index (χ1) is 10.6. The number of carbonyl (C=O) groups excluding carboxylic acids is 2. The monoisotopic (exact) mass is 319 g/mol. The SMILES string of the molecule is COC(=O)c1cc(CNC(=O)Cc2cccs2)ccc1OC. The Morgan fingerprint density at radius 1 is 1.23 bits per heavy atom. The summed E-state index contributed by atoms with van der Waals surface area (Å²) in [4.78, 5) is 24.6. The molecule has 0 saturated carbocycles. The van der Waals surface area contributed by atoms with Gasteiger partial charge in [-0.1, -0.05) is 12.1 Å². The summed E-state index contributed by atoms with van der Waals surface area (Å²) in [5.74, 6) is -0.0815. The number of hydrogen-bond donors (Lipinski definition) is 1. The maximum absolute atomic E-state index is 11.9. The van der Waals surface area contributed by atoms with Gasteiger partial charge in [0.25, 0.3) is 0 Å². The summed E-state index contributed by atoms with van der Waals surface area (Å²) in [7, 11) is 2.81. The average Bonchev–Trinajstić information content (AvgIpc) is 3.04. The van der Waals surface area contributed by atoms with Crippen molar-refractivity contribution in [2.24, 2.45) is 0 Å². The highest BCUT2D eigenvalue weighted by molar-refractivity contribution is 7.10. The zero-order valence-electron chi connectivity index (χ0n) is 12.4. The maximum atomic E-state index is 11.9. The number of nitrogens with one attached hydrogen (secondary N) is 1. The molecule has 0 aliphatic rings. The molecule has 0 aliphatic heterocycles. The lowest BCUT2D eigenvalue weighted by Crippen LogP contribution is -2.24. The number of carbonyl (C=O) groups is 2. The molecule has 0 spiro atoms. The Hall–Kier alpha value is -2.34. The van der Waals surface area contributed by atoms with Crippen LogP contribution in [0.5, 0.6) is 5.75 Å². The van der Waals surface area contributed by atoms with Crippen LogP contribution in [0.1, 0.15) is 20.8 Å². The van der Waals surface area contributed by atoms with Crippen molar-refractivity contribution in [2.45, 2.75) is 13.0 Å². The smallest absolute Gasteiger partial charge is 0.341 e. The minimum atomic E-state index is -0.469. The third-order valence-electron chi connectivity index (χ3n) is 3.07. The Morgan fingerprint density at radius 3 is 2.68 bits per heavy atom. The number of thiophene rings is 1. The van der Waals surface area contributed by atoms with Gasteiger partial charge in [-0.3, -0.25) is 4.79 Å². The molecule has 0 atom stereocenters. The van der Waals surface area contributed by atoms with E-state index in [0.717, 1.165) is 10.4 Å². The van der Waals surface area contributed by atoms with Crippen LogP contribution in [-0.4, -0.2) is 26.1 Å². The number of benzene rings is 1. The Bertz CT molecular complexity index is 652. The molecule has 2 rings (SSSR count). The second-order valence-corrected chi connectivity index (χ2v) is 5.59. The molecule has 0 radical (unpaired) electrons. The van der Waals surface area contributed by atoms with E-state index in [4.69, 9.17) is 9.47 Å². The summed E-state index contributed by atoms with van der Waals surface area (Å²) in [6, 6.07) is 8.99. The third kappa shape index (κ3) is 4.08. The van der Waals surface area contributed by atoms with E-state index < -0.39 is 5.97 Å². The molecule has 5 nitrogen and oxygen atoms in total. The third-order valence-corrected chi connectivity index (χ3v) is 3.95. The van der Waals surface area contributed by atoms with Crippen LogP contribution < -0.4 is 10.1 Å². The van der Waals surface area contributed by atoms with E-state index >= 15 is 0 Å². The minimum Gasteiger partial charge on any atom is -0.496 e. The quantitative estimate of drug-likeness (QED) is 0.831. The first-order valence-electron chi connectivity index (χ1n) is 6.68. The molecular weight excluding hydrogens is 302 g/mol. The van der Waals surface area contributed by atoms with Crippen molar-refractivity contribution in [3.63, 3.8) is 0 Å². The lowest BCUT2D eigenvalue weighted by Gasteiger charge is -2.10. The molecule has 22 heavy (non-hydrogen) atoms. The molecule has 0 unspecified atom stereocenters. The molecular formula is C16H17NO4S. The average molecular weight is 319 g/mol. The molecule has 0 fully saturated rings. The number of ether oxygens (including phenoxy) is 2. The summed E-state index contributed by atoms with van der Waals surface area (Å²) < 4.78 is 9.86. The van der Waals surface area contributed by atoms with Crippen LogP contribution in [0.4, 0.5) is 0 Å². The van der Waals surface area contributed by atoms with E-state index in [9.17, 15) is 9.59 Å². The molecule has 0 aliphatic carbocycles. The summed E-state index contributed by atoms with van der Waals surface area (Å²) >= 11 is 1.55. The Morgan fingerprint density at radius 2 is 2.05 bits per heavy atom. The predicted octanol–water partition coefficient (Wildman–Crippen LogP) is 2.40. The lowest BCUT2D eigenvalue weighted by molar-refractivity contribution is -0.120. The number of rotatable bonds is 6. The van der Waals surface area contributed by atoms with Gasteiger partial charge in [-0.25, -0.2) is 4.79 Å². The van der Waals surface area contributed by atoms with Gasteiger partial charge in [0.05, 0.1) is 20.6 Å². The highest BCUT2D eigenvalue weighted by Gasteiger charge is 2.13. The molecule has 2 aromatic rings. The summed E-state index contributed by atoms with van der Waals surface area (Å²) in [5, 5.41) is 4.77. The van der Waals surface area contributed by atoms with Crippen LogP contribution in [0.2, 0.25) is 0 Å². The van der Waals surface area contributed by atoms with Crippen molar-refractivity contribution in [3.8, 4) is 5.75 Å². The van der Waals surface area contributed by atoms with E-state index in [2.05, 4.69) is 5.32 Å². The van der Waals surface area contributed by atoms with Crippen molar-refractivity contribution < 1.29 is 19.1 Å². The summed E-state index contributed by atoms with van der Waals surface area (Å²) in [6.07, 6.45) is 0.359. The first-order valence-corrected chi connectivity index (χ1v) is 7.56. The molecule has 1 aromatic carbocycles. The fourth-order valence-electron chi connectivity index (χ4n) is 1.97. The predicted molar refractivity (Wildman–Crippen MR) is 84.2 cm³/mol. The lowest BCUT2D eigenvalue weighted by atomic mass is 10.1. The van der Waals surface area contributed by atoms with Crippen molar-refractivity contribution in [2.75, 3.05) is 14.2 Å². The van der Waals surface area contributed by atoms with Crippen molar-refractivity contribution in [1.82, 2.24) is 5.32 Å². The van der Waals surface area contributed by atoms with Gasteiger partial charge in [0.1, 0.15) is 11.3 Å². The van der Waals surface area contributed by atoms with Crippen LogP contribution in [0.3, 0.4) is 0 Å². The zero-order chi connectivity index (χ0) is 15.9. The highest BCUT2D eigenvalue weighted by Crippen LogP contribution is 2.20. The Kier molecular flexibility index (Phi) is 5.55. The van der Waals surface area contributed by atoms with Gasteiger partial charge < -0.3 is 14.8 Å². The van der Waals surface area contributed by atoms with Gasteiger partial charge in [-0.15, -0.1) is 11.3 Å². The topological polar surface area (TPSA) is 64.6 Å². The van der Waals surface area contributed by atoms with Crippen molar-refractivity contribution >= 4 is 23.2 Å². The van der Waals surface area contributed by atoms with Crippen molar-refractivity contribution in [3.05, 3.63) is 51.7 Å². The number of amides is 1. The molecule has 6 heteroatoms. The first kappa shape index (κ1) is 16.0. The molecule has 1 amide bonds. The number of hydrogen-bond acceptors (Lipinski definition) is 5. The van der Waals surface area contributed by atoms with Crippen LogP contribution in [-0.2, 0) is 22.5 Å². The van der Waals surface area contributed by atoms with E-state index in [1.54, 1.807) is 29.5 Å². The van der Waals surface area contributed by atoms with Crippen LogP contribution in [0.25, 0.3) is 0 Å². The van der Waals surface area contributed by atoms with Gasteiger partial charge in [0, 0.05) is 11.4 Å². The zero-order valence-corrected chi connectivity index (χ0v) is 13.2. The Balaban J connectivity index is 2.00. The normalized spacial score (nSPS) is 10.1. The molecule has 0 saturated heterocycles. The molecule has 116 valence electrons. The van der Waals surface area contributed by atoms with Crippen LogP contribution in [0.15, 0.2) is 35.7 Å². The number of methoxy groups -OCH3 is 2. The van der Waals surface area contributed by atoms with Crippen LogP contribution in [0, 0.1) is 0 Å². The van der Waals surface area contributed by atoms with Crippen LogP contribution >= 0.6 is 11.3 Å². The molecule has 1 aromatic heterocycles. The fraction of sp³-hybridized carbons (Fsp3) is 0.250. The van der Waals surface area contributed by atoms with E-state index in [0.29, 0.717) is 24.3 Å².